The summed E-state index contributed by atoms with van der Waals surface area (Å²) in [5.74, 6) is 0.449. The first kappa shape index (κ1) is 21.0. The molecule has 29 heavy (non-hydrogen) atoms. The van der Waals surface area contributed by atoms with Crippen molar-refractivity contribution in [3.8, 4) is 11.4 Å². The lowest BCUT2D eigenvalue weighted by molar-refractivity contribution is -0.118. The van der Waals surface area contributed by atoms with Crippen molar-refractivity contribution in [3.63, 3.8) is 0 Å². The molecule has 0 bridgehead atoms. The van der Waals surface area contributed by atoms with Gasteiger partial charge in [0.2, 0.25) is 5.91 Å². The molecule has 0 aliphatic rings. The number of hydrogen-bond acceptors (Lipinski definition) is 5. The number of carbonyl (C=O) groups excluding carboxylic acids is 1. The first-order chi connectivity index (χ1) is 13.9. The van der Waals surface area contributed by atoms with Crippen LogP contribution in [-0.4, -0.2) is 34.9 Å². The smallest absolute Gasteiger partial charge is 0.266 e. The molecule has 0 spiro atoms. The van der Waals surface area contributed by atoms with E-state index in [0.29, 0.717) is 39.1 Å². The molecule has 6 nitrogen and oxygen atoms in total. The zero-order chi connectivity index (χ0) is 21.0. The molecule has 0 atom stereocenters. The third-order valence-corrected chi connectivity index (χ3v) is 5.33. The second kappa shape index (κ2) is 9.15. The molecule has 0 saturated heterocycles. The van der Waals surface area contributed by atoms with E-state index in [1.165, 1.54) is 16.3 Å². The molecule has 2 aromatic carbocycles. The van der Waals surface area contributed by atoms with Crippen LogP contribution in [0.4, 0.5) is 0 Å². The molecule has 1 aromatic heterocycles. The van der Waals surface area contributed by atoms with E-state index >= 15 is 0 Å². The highest BCUT2D eigenvalue weighted by molar-refractivity contribution is 7.99. The van der Waals surface area contributed by atoms with Gasteiger partial charge in [-0.1, -0.05) is 35.5 Å². The van der Waals surface area contributed by atoms with Crippen LogP contribution in [0.5, 0.6) is 5.75 Å². The van der Waals surface area contributed by atoms with E-state index in [0.717, 1.165) is 5.56 Å². The van der Waals surface area contributed by atoms with E-state index < -0.39 is 0 Å². The number of rotatable bonds is 7. The molecule has 0 aliphatic heterocycles. The van der Waals surface area contributed by atoms with Crippen LogP contribution in [0.3, 0.4) is 0 Å². The molecular weight excluding hydrogens is 410 g/mol. The highest BCUT2D eigenvalue weighted by atomic mass is 35.5. The summed E-state index contributed by atoms with van der Waals surface area (Å²) in [6.07, 6.45) is 1.60. The van der Waals surface area contributed by atoms with E-state index in [1.54, 1.807) is 37.5 Å². The van der Waals surface area contributed by atoms with E-state index in [1.807, 2.05) is 19.1 Å². The summed E-state index contributed by atoms with van der Waals surface area (Å²) in [5, 5.41) is 4.00. The Morgan fingerprint density at radius 3 is 2.86 bits per heavy atom. The maximum absolute atomic E-state index is 13.4. The Morgan fingerprint density at radius 1 is 1.34 bits per heavy atom. The molecule has 150 valence electrons. The van der Waals surface area contributed by atoms with Crippen LogP contribution in [0.15, 0.2) is 59.0 Å². The summed E-state index contributed by atoms with van der Waals surface area (Å²) in [6, 6.07) is 10.5. The number of aryl methyl sites for hydroxylation is 1. The number of fused-ring (bicyclic) bond motifs is 1. The minimum Gasteiger partial charge on any atom is -0.495 e. The lowest BCUT2D eigenvalue weighted by atomic mass is 10.2. The predicted molar refractivity (Wildman–Crippen MR) is 118 cm³/mol. The number of methoxy groups -OCH3 is 1. The van der Waals surface area contributed by atoms with Gasteiger partial charge >= 0.3 is 0 Å². The molecule has 8 heteroatoms. The maximum atomic E-state index is 13.4. The number of carbonyl (C=O) groups is 1. The standard InChI is InChI=1S/C21H20ClN3O3S/c1-4-9-23-19(26)12-29-21-24-16-11-14(22)6-7-15(16)20(27)25(21)17-10-13(2)5-8-18(17)28-3/h4-8,10-11H,1,9,12H2,2-3H3,(H,23,26). The van der Waals surface area contributed by atoms with Crippen LogP contribution in [0.1, 0.15) is 5.56 Å². The van der Waals surface area contributed by atoms with Crippen molar-refractivity contribution in [2.24, 2.45) is 0 Å². The maximum Gasteiger partial charge on any atom is 0.266 e. The summed E-state index contributed by atoms with van der Waals surface area (Å²) in [6.45, 7) is 5.88. The number of halogens is 1. The van der Waals surface area contributed by atoms with E-state index in [-0.39, 0.29) is 17.2 Å². The van der Waals surface area contributed by atoms with Crippen molar-refractivity contribution in [1.82, 2.24) is 14.9 Å². The fourth-order valence-corrected chi connectivity index (χ4v) is 3.79. The van der Waals surface area contributed by atoms with Crippen LogP contribution in [0.2, 0.25) is 5.02 Å². The monoisotopic (exact) mass is 429 g/mol. The highest BCUT2D eigenvalue weighted by Gasteiger charge is 2.18. The Balaban J connectivity index is 2.18. The van der Waals surface area contributed by atoms with E-state index in [4.69, 9.17) is 16.3 Å². The number of benzene rings is 2. The quantitative estimate of drug-likeness (QED) is 0.352. The van der Waals surface area contributed by atoms with Gasteiger partial charge in [0.05, 0.1) is 29.5 Å². The predicted octanol–water partition coefficient (Wildman–Crippen LogP) is 3.75. The van der Waals surface area contributed by atoms with Gasteiger partial charge in [-0.25, -0.2) is 4.98 Å². The van der Waals surface area contributed by atoms with Crippen LogP contribution >= 0.6 is 23.4 Å². The first-order valence-corrected chi connectivity index (χ1v) is 10.2. The Bertz CT molecular complexity index is 1140. The largest absolute Gasteiger partial charge is 0.495 e. The molecule has 0 unspecified atom stereocenters. The third kappa shape index (κ3) is 4.63. The molecule has 1 N–H and O–H groups in total. The summed E-state index contributed by atoms with van der Waals surface area (Å²) >= 11 is 7.25. The van der Waals surface area contributed by atoms with Crippen molar-refractivity contribution in [2.75, 3.05) is 19.4 Å². The summed E-state index contributed by atoms with van der Waals surface area (Å²) in [5.41, 5.74) is 1.74. The molecule has 0 radical (unpaired) electrons. The Hall–Kier alpha value is -2.77. The number of nitrogens with zero attached hydrogens (tertiary/aromatic N) is 2. The van der Waals surface area contributed by atoms with Gasteiger partial charge in [-0.2, -0.15) is 0 Å². The van der Waals surface area contributed by atoms with Crippen molar-refractivity contribution < 1.29 is 9.53 Å². The molecule has 1 heterocycles. The average molecular weight is 430 g/mol. The molecular formula is C21H20ClN3O3S. The van der Waals surface area contributed by atoms with Gasteiger partial charge in [-0.05, 0) is 42.8 Å². The zero-order valence-corrected chi connectivity index (χ0v) is 17.6. The third-order valence-electron chi connectivity index (χ3n) is 4.15. The number of thioether (sulfide) groups is 1. The van der Waals surface area contributed by atoms with Crippen molar-refractivity contribution in [2.45, 2.75) is 12.1 Å². The minimum absolute atomic E-state index is 0.0977. The molecule has 3 aromatic rings. The fraction of sp³-hybridized carbons (Fsp3) is 0.190. The Kier molecular flexibility index (Phi) is 6.61. The zero-order valence-electron chi connectivity index (χ0n) is 16.1. The Labute approximate surface area is 177 Å². The molecule has 1 amide bonds. The Morgan fingerprint density at radius 2 is 2.14 bits per heavy atom. The molecule has 0 saturated carbocycles. The van der Waals surface area contributed by atoms with Gasteiger partial charge in [-0.3, -0.25) is 14.2 Å². The normalized spacial score (nSPS) is 10.7. The van der Waals surface area contributed by atoms with Gasteiger partial charge in [0.25, 0.3) is 5.56 Å². The van der Waals surface area contributed by atoms with Gasteiger partial charge < -0.3 is 10.1 Å². The topological polar surface area (TPSA) is 73.2 Å². The summed E-state index contributed by atoms with van der Waals surface area (Å²) < 4.78 is 6.95. The van der Waals surface area contributed by atoms with E-state index in [9.17, 15) is 9.59 Å². The van der Waals surface area contributed by atoms with Crippen LogP contribution in [0, 0.1) is 6.92 Å². The van der Waals surface area contributed by atoms with Crippen LogP contribution in [0.25, 0.3) is 16.6 Å². The number of amides is 1. The minimum atomic E-state index is -0.260. The number of hydrogen-bond donors (Lipinski definition) is 1. The second-order valence-electron chi connectivity index (χ2n) is 6.25. The number of nitrogens with one attached hydrogen (secondary N) is 1. The van der Waals surface area contributed by atoms with Crippen LogP contribution < -0.4 is 15.6 Å². The van der Waals surface area contributed by atoms with Crippen molar-refractivity contribution in [1.29, 1.82) is 0 Å². The SMILES string of the molecule is C=CCNC(=O)CSc1nc2cc(Cl)ccc2c(=O)n1-c1cc(C)ccc1OC. The average Bonchev–Trinajstić information content (AvgIpc) is 2.70. The molecule has 0 aliphatic carbocycles. The van der Waals surface area contributed by atoms with Crippen LogP contribution in [-0.2, 0) is 4.79 Å². The van der Waals surface area contributed by atoms with Gasteiger partial charge in [0.15, 0.2) is 5.16 Å². The van der Waals surface area contributed by atoms with Crippen molar-refractivity contribution >= 4 is 40.2 Å². The van der Waals surface area contributed by atoms with Crippen molar-refractivity contribution in [3.05, 3.63) is 70.0 Å². The summed E-state index contributed by atoms with van der Waals surface area (Å²) in [7, 11) is 1.54. The number of ether oxygens (including phenoxy) is 1. The number of aromatic nitrogens is 2. The second-order valence-corrected chi connectivity index (χ2v) is 7.63. The molecule has 3 rings (SSSR count). The highest BCUT2D eigenvalue weighted by Crippen LogP contribution is 2.28. The van der Waals surface area contributed by atoms with Gasteiger partial charge in [0.1, 0.15) is 5.75 Å². The first-order valence-electron chi connectivity index (χ1n) is 8.82. The van der Waals surface area contributed by atoms with E-state index in [2.05, 4.69) is 16.9 Å². The molecule has 0 fully saturated rings. The fourth-order valence-electron chi connectivity index (χ4n) is 2.79. The van der Waals surface area contributed by atoms with Gasteiger partial charge in [0, 0.05) is 11.6 Å². The van der Waals surface area contributed by atoms with Gasteiger partial charge in [-0.15, -0.1) is 6.58 Å². The lowest BCUT2D eigenvalue weighted by Gasteiger charge is -2.16. The lowest BCUT2D eigenvalue weighted by Crippen LogP contribution is -2.26. The summed E-state index contributed by atoms with van der Waals surface area (Å²) in [4.78, 5) is 30.0.